The van der Waals surface area contributed by atoms with E-state index in [0.29, 0.717) is 17.5 Å². The number of halogens is 4. The maximum absolute atomic E-state index is 13.0. The first-order valence-corrected chi connectivity index (χ1v) is 10.9. The van der Waals surface area contributed by atoms with Crippen LogP contribution in [-0.4, -0.2) is 20.9 Å². The molecule has 3 aromatic rings. The van der Waals surface area contributed by atoms with E-state index in [4.69, 9.17) is 16.3 Å². The maximum atomic E-state index is 13.0. The predicted molar refractivity (Wildman–Crippen MR) is 114 cm³/mol. The quantitative estimate of drug-likeness (QED) is 0.484. The molecule has 0 aliphatic rings. The number of ether oxygens (including phenoxy) is 1. The van der Waals surface area contributed by atoms with Crippen LogP contribution in [0.4, 0.5) is 24.5 Å². The number of para-hydroxylation sites is 1. The van der Waals surface area contributed by atoms with Crippen LogP contribution in [0.3, 0.4) is 0 Å². The maximum Gasteiger partial charge on any atom is 0.417 e. The number of anilines is 2. The molecule has 0 unspecified atom stereocenters. The van der Waals surface area contributed by atoms with E-state index in [9.17, 15) is 26.4 Å². The van der Waals surface area contributed by atoms with Gasteiger partial charge < -0.3 is 10.1 Å². The number of sulfonamides is 1. The van der Waals surface area contributed by atoms with E-state index in [1.807, 2.05) is 0 Å². The lowest BCUT2D eigenvalue weighted by molar-refractivity contribution is -0.137. The molecule has 0 bridgehead atoms. The Morgan fingerprint density at radius 1 is 0.938 bits per heavy atom. The van der Waals surface area contributed by atoms with Gasteiger partial charge in [-0.1, -0.05) is 29.8 Å². The molecule has 1 amide bonds. The number of benzene rings is 3. The van der Waals surface area contributed by atoms with Crippen molar-refractivity contribution < 1.29 is 31.1 Å². The zero-order valence-corrected chi connectivity index (χ0v) is 17.8. The van der Waals surface area contributed by atoms with E-state index in [0.717, 1.165) is 12.1 Å². The molecule has 0 saturated heterocycles. The number of rotatable bonds is 7. The van der Waals surface area contributed by atoms with Gasteiger partial charge in [-0.15, -0.1) is 0 Å². The molecule has 3 aromatic carbocycles. The molecule has 0 saturated carbocycles. The van der Waals surface area contributed by atoms with Crippen molar-refractivity contribution in [3.63, 3.8) is 0 Å². The van der Waals surface area contributed by atoms with Gasteiger partial charge in [0.05, 0.1) is 15.5 Å². The van der Waals surface area contributed by atoms with Gasteiger partial charge >= 0.3 is 6.18 Å². The number of hydrogen-bond donors (Lipinski definition) is 2. The Kier molecular flexibility index (Phi) is 6.95. The predicted octanol–water partition coefficient (Wildman–Crippen LogP) is 5.18. The number of nitrogens with one attached hydrogen (secondary N) is 2. The molecule has 0 aliphatic heterocycles. The summed E-state index contributed by atoms with van der Waals surface area (Å²) < 4.78 is 71.4. The Hall–Kier alpha value is -3.24. The fraction of sp³-hybridized carbons (Fsp3) is 0.0952. The van der Waals surface area contributed by atoms with Crippen molar-refractivity contribution >= 4 is 38.9 Å². The molecule has 0 aliphatic carbocycles. The Labute approximate surface area is 187 Å². The van der Waals surface area contributed by atoms with Gasteiger partial charge in [-0.05, 0) is 54.6 Å². The summed E-state index contributed by atoms with van der Waals surface area (Å²) in [5, 5.41) is 2.01. The van der Waals surface area contributed by atoms with Gasteiger partial charge in [-0.2, -0.15) is 13.2 Å². The van der Waals surface area contributed by atoms with Crippen LogP contribution in [0.15, 0.2) is 77.7 Å². The fourth-order valence-electron chi connectivity index (χ4n) is 2.60. The first-order valence-electron chi connectivity index (χ1n) is 9.02. The van der Waals surface area contributed by atoms with Gasteiger partial charge in [0, 0.05) is 11.4 Å². The Balaban J connectivity index is 1.65. The van der Waals surface area contributed by atoms with E-state index in [-0.39, 0.29) is 17.2 Å². The van der Waals surface area contributed by atoms with Crippen molar-refractivity contribution in [3.05, 3.63) is 83.4 Å². The third-order valence-corrected chi connectivity index (χ3v) is 5.81. The minimum Gasteiger partial charge on any atom is -0.484 e. The lowest BCUT2D eigenvalue weighted by Crippen LogP contribution is -2.20. The highest BCUT2D eigenvalue weighted by molar-refractivity contribution is 7.92. The van der Waals surface area contributed by atoms with Gasteiger partial charge in [0.15, 0.2) is 6.61 Å². The summed E-state index contributed by atoms with van der Waals surface area (Å²) in [6, 6.07) is 16.5. The molecule has 6 nitrogen and oxygen atoms in total. The van der Waals surface area contributed by atoms with Crippen molar-refractivity contribution in [1.82, 2.24) is 0 Å². The smallest absolute Gasteiger partial charge is 0.417 e. The summed E-state index contributed by atoms with van der Waals surface area (Å²) in [5.41, 5.74) is -1.14. The summed E-state index contributed by atoms with van der Waals surface area (Å²) in [4.78, 5) is 11.8. The Bertz CT molecular complexity index is 1200. The van der Waals surface area contributed by atoms with Gasteiger partial charge in [0.2, 0.25) is 0 Å². The topological polar surface area (TPSA) is 84.5 Å². The van der Waals surface area contributed by atoms with Crippen LogP contribution in [0.25, 0.3) is 0 Å². The second-order valence-electron chi connectivity index (χ2n) is 6.47. The van der Waals surface area contributed by atoms with Crippen molar-refractivity contribution in [3.8, 4) is 5.75 Å². The van der Waals surface area contributed by atoms with Gasteiger partial charge in [-0.25, -0.2) is 8.42 Å². The van der Waals surface area contributed by atoms with Crippen LogP contribution in [0, 0.1) is 0 Å². The fourth-order valence-corrected chi connectivity index (χ4v) is 3.87. The highest BCUT2D eigenvalue weighted by Crippen LogP contribution is 2.36. The number of amides is 1. The van der Waals surface area contributed by atoms with Crippen LogP contribution < -0.4 is 14.8 Å². The number of carbonyl (C=O) groups excluding carboxylic acids is 1. The number of hydrogen-bond acceptors (Lipinski definition) is 4. The Morgan fingerprint density at radius 3 is 2.19 bits per heavy atom. The molecule has 0 fully saturated rings. The van der Waals surface area contributed by atoms with Crippen molar-refractivity contribution in [2.45, 2.75) is 11.1 Å². The SMILES string of the molecule is O=C(COc1ccccc1)Nc1ccc(S(=O)(=O)Nc2ccc(Cl)c(C(F)(F)F)c2)cc1. The zero-order chi connectivity index (χ0) is 23.4. The summed E-state index contributed by atoms with van der Waals surface area (Å²) >= 11 is 5.54. The zero-order valence-electron chi connectivity index (χ0n) is 16.2. The number of alkyl halides is 3. The van der Waals surface area contributed by atoms with Crippen LogP contribution in [0.1, 0.15) is 5.56 Å². The van der Waals surface area contributed by atoms with Gasteiger partial charge in [0.25, 0.3) is 15.9 Å². The van der Waals surface area contributed by atoms with Gasteiger partial charge in [0.1, 0.15) is 5.75 Å². The van der Waals surface area contributed by atoms with Crippen LogP contribution in [-0.2, 0) is 21.0 Å². The molecule has 168 valence electrons. The molecule has 0 atom stereocenters. The van der Waals surface area contributed by atoms with E-state index in [1.165, 1.54) is 24.3 Å². The van der Waals surface area contributed by atoms with E-state index in [2.05, 4.69) is 10.0 Å². The van der Waals surface area contributed by atoms with E-state index < -0.39 is 32.7 Å². The lowest BCUT2D eigenvalue weighted by Gasteiger charge is -2.13. The average molecular weight is 485 g/mol. The van der Waals surface area contributed by atoms with E-state index >= 15 is 0 Å². The number of carbonyl (C=O) groups is 1. The van der Waals surface area contributed by atoms with Crippen molar-refractivity contribution in [2.24, 2.45) is 0 Å². The molecular formula is C21H16ClF3N2O4S. The standard InChI is InChI=1S/C21H16ClF3N2O4S/c22-19-11-8-15(12-18(19)21(23,24)25)27-32(29,30)17-9-6-14(7-10-17)26-20(28)13-31-16-4-2-1-3-5-16/h1-12,27H,13H2,(H,26,28). The van der Waals surface area contributed by atoms with Crippen molar-refractivity contribution in [2.75, 3.05) is 16.6 Å². The summed E-state index contributed by atoms with van der Waals surface area (Å²) in [6.45, 7) is -0.246. The summed E-state index contributed by atoms with van der Waals surface area (Å²) in [7, 11) is -4.18. The highest BCUT2D eigenvalue weighted by atomic mass is 35.5. The molecule has 0 aromatic heterocycles. The van der Waals surface area contributed by atoms with Crippen LogP contribution in [0.2, 0.25) is 5.02 Å². The second kappa shape index (κ2) is 9.49. The molecule has 2 N–H and O–H groups in total. The lowest BCUT2D eigenvalue weighted by atomic mass is 10.2. The third kappa shape index (κ3) is 6.14. The minimum atomic E-state index is -4.73. The normalized spacial score (nSPS) is 11.6. The van der Waals surface area contributed by atoms with Gasteiger partial charge in [-0.3, -0.25) is 9.52 Å². The third-order valence-electron chi connectivity index (χ3n) is 4.09. The largest absolute Gasteiger partial charge is 0.484 e. The molecule has 32 heavy (non-hydrogen) atoms. The van der Waals surface area contributed by atoms with Crippen molar-refractivity contribution in [1.29, 1.82) is 0 Å². The second-order valence-corrected chi connectivity index (χ2v) is 8.56. The summed E-state index contributed by atoms with van der Waals surface area (Å²) in [6.07, 6.45) is -4.73. The molecule has 3 rings (SSSR count). The van der Waals surface area contributed by atoms with E-state index in [1.54, 1.807) is 30.3 Å². The monoisotopic (exact) mass is 484 g/mol. The average Bonchev–Trinajstić information content (AvgIpc) is 2.74. The van der Waals surface area contributed by atoms with Crippen LogP contribution in [0.5, 0.6) is 5.75 Å². The first kappa shape index (κ1) is 23.4. The molecular weight excluding hydrogens is 469 g/mol. The molecule has 11 heteroatoms. The first-order chi connectivity index (χ1) is 15.0. The van der Waals surface area contributed by atoms with Crippen LogP contribution >= 0.6 is 11.6 Å². The molecule has 0 radical (unpaired) electrons. The summed E-state index contributed by atoms with van der Waals surface area (Å²) in [5.74, 6) is 0.0643. The molecule has 0 heterocycles. The Morgan fingerprint density at radius 2 is 1.56 bits per heavy atom. The highest BCUT2D eigenvalue weighted by Gasteiger charge is 2.33. The molecule has 0 spiro atoms. The minimum absolute atomic E-state index is 0.209.